The quantitative estimate of drug-likeness (QED) is 0.844. The zero-order valence-electron chi connectivity index (χ0n) is 10.5. The molecule has 0 radical (unpaired) electrons. The van der Waals surface area contributed by atoms with Crippen molar-refractivity contribution in [1.29, 1.82) is 0 Å². The second kappa shape index (κ2) is 4.68. The molecule has 0 saturated carbocycles. The van der Waals surface area contributed by atoms with Crippen molar-refractivity contribution in [2.24, 2.45) is 0 Å². The Kier molecular flexibility index (Phi) is 3.00. The second-order valence-corrected chi connectivity index (χ2v) is 5.36. The molecular formula is C14H14N2O2S. The van der Waals surface area contributed by atoms with Crippen LogP contribution >= 0.6 is 11.3 Å². The minimum Gasteiger partial charge on any atom is -0.395 e. The van der Waals surface area contributed by atoms with Crippen LogP contribution < -0.4 is 5.32 Å². The fraction of sp³-hybridized carbons (Fsp3) is 0.214. The molecule has 0 bridgehead atoms. The highest BCUT2D eigenvalue weighted by Crippen LogP contribution is 2.40. The number of nitrogens with one attached hydrogen (secondary N) is 1. The summed E-state index contributed by atoms with van der Waals surface area (Å²) in [5.74, 6) is -0.0540. The van der Waals surface area contributed by atoms with Crippen LogP contribution in [0.25, 0.3) is 11.6 Å². The van der Waals surface area contributed by atoms with E-state index in [0.717, 1.165) is 21.8 Å². The molecule has 4 nitrogen and oxygen atoms in total. The van der Waals surface area contributed by atoms with Gasteiger partial charge in [-0.2, -0.15) is 0 Å². The number of amides is 1. The van der Waals surface area contributed by atoms with Gasteiger partial charge in [-0.1, -0.05) is 0 Å². The van der Waals surface area contributed by atoms with Crippen molar-refractivity contribution < 1.29 is 9.90 Å². The van der Waals surface area contributed by atoms with E-state index in [9.17, 15) is 4.79 Å². The Morgan fingerprint density at radius 3 is 3.16 bits per heavy atom. The number of anilines is 1. The maximum Gasteiger partial charge on any atom is 0.257 e. The van der Waals surface area contributed by atoms with Gasteiger partial charge >= 0.3 is 0 Å². The number of rotatable bonds is 3. The van der Waals surface area contributed by atoms with Gasteiger partial charge in [0.15, 0.2) is 0 Å². The highest BCUT2D eigenvalue weighted by atomic mass is 32.1. The molecule has 5 heteroatoms. The maximum absolute atomic E-state index is 12.0. The van der Waals surface area contributed by atoms with Crippen molar-refractivity contribution in [2.75, 3.05) is 11.9 Å². The SMILES string of the molecule is Cc1csc2c1C(=Cc1cccn1CCO)C(=O)N2. The first-order valence-electron chi connectivity index (χ1n) is 6.08. The van der Waals surface area contributed by atoms with Crippen molar-refractivity contribution in [3.63, 3.8) is 0 Å². The van der Waals surface area contributed by atoms with Crippen LogP contribution in [0.5, 0.6) is 0 Å². The van der Waals surface area contributed by atoms with Crippen LogP contribution in [0, 0.1) is 6.92 Å². The minimum atomic E-state index is -0.0540. The highest BCUT2D eigenvalue weighted by molar-refractivity contribution is 7.15. The number of aryl methyl sites for hydroxylation is 1. The van der Waals surface area contributed by atoms with Gasteiger partial charge in [0.1, 0.15) is 5.00 Å². The monoisotopic (exact) mass is 274 g/mol. The molecule has 0 aliphatic carbocycles. The third-order valence-electron chi connectivity index (χ3n) is 3.21. The van der Waals surface area contributed by atoms with E-state index in [4.69, 9.17) is 5.11 Å². The molecule has 1 aliphatic rings. The molecule has 0 unspecified atom stereocenters. The predicted octanol–water partition coefficient (Wildman–Crippen LogP) is 2.34. The van der Waals surface area contributed by atoms with Gasteiger partial charge in [0.05, 0.1) is 12.2 Å². The molecule has 0 saturated heterocycles. The van der Waals surface area contributed by atoms with Crippen LogP contribution in [0.3, 0.4) is 0 Å². The number of aliphatic hydroxyl groups excluding tert-OH is 1. The van der Waals surface area contributed by atoms with E-state index in [1.807, 2.05) is 41.3 Å². The first-order chi connectivity index (χ1) is 9.20. The summed E-state index contributed by atoms with van der Waals surface area (Å²) >= 11 is 1.55. The van der Waals surface area contributed by atoms with Crippen LogP contribution in [0.15, 0.2) is 23.7 Å². The summed E-state index contributed by atoms with van der Waals surface area (Å²) in [5.41, 5.74) is 3.75. The van der Waals surface area contributed by atoms with Gasteiger partial charge in [0.25, 0.3) is 5.91 Å². The Morgan fingerprint density at radius 1 is 1.53 bits per heavy atom. The molecule has 3 rings (SSSR count). The lowest BCUT2D eigenvalue weighted by Crippen LogP contribution is -2.06. The highest BCUT2D eigenvalue weighted by Gasteiger charge is 2.27. The fourth-order valence-corrected chi connectivity index (χ4v) is 3.26. The lowest BCUT2D eigenvalue weighted by Gasteiger charge is -2.04. The Balaban J connectivity index is 2.06. The third-order valence-corrected chi connectivity index (χ3v) is 4.23. The zero-order chi connectivity index (χ0) is 13.4. The number of carbonyl (C=O) groups excluding carboxylic acids is 1. The molecule has 0 atom stereocenters. The molecule has 2 N–H and O–H groups in total. The molecule has 1 aliphatic heterocycles. The number of thiophene rings is 1. The van der Waals surface area contributed by atoms with E-state index >= 15 is 0 Å². The number of carbonyl (C=O) groups is 1. The predicted molar refractivity (Wildman–Crippen MR) is 77.1 cm³/mol. The summed E-state index contributed by atoms with van der Waals surface area (Å²) in [5, 5.41) is 14.9. The summed E-state index contributed by atoms with van der Waals surface area (Å²) in [4.78, 5) is 12.0. The molecule has 0 aromatic carbocycles. The van der Waals surface area contributed by atoms with Gasteiger partial charge in [-0.25, -0.2) is 0 Å². The van der Waals surface area contributed by atoms with E-state index < -0.39 is 0 Å². The largest absolute Gasteiger partial charge is 0.395 e. The molecule has 2 aromatic rings. The summed E-state index contributed by atoms with van der Waals surface area (Å²) in [7, 11) is 0. The first kappa shape index (κ1) is 12.2. The fourth-order valence-electron chi connectivity index (χ4n) is 2.31. The molecule has 0 spiro atoms. The van der Waals surface area contributed by atoms with Gasteiger partial charge in [0.2, 0.25) is 0 Å². The van der Waals surface area contributed by atoms with Gasteiger partial charge in [0, 0.05) is 24.0 Å². The Labute approximate surface area is 115 Å². The van der Waals surface area contributed by atoms with E-state index in [1.54, 1.807) is 11.3 Å². The Morgan fingerprint density at radius 2 is 2.37 bits per heavy atom. The van der Waals surface area contributed by atoms with E-state index in [2.05, 4.69) is 5.32 Å². The number of fused-ring (bicyclic) bond motifs is 1. The van der Waals surface area contributed by atoms with Crippen LogP contribution in [-0.2, 0) is 11.3 Å². The lowest BCUT2D eigenvalue weighted by molar-refractivity contribution is -0.110. The second-order valence-electron chi connectivity index (χ2n) is 4.49. The lowest BCUT2D eigenvalue weighted by atomic mass is 10.1. The average molecular weight is 274 g/mol. The summed E-state index contributed by atoms with van der Waals surface area (Å²) in [6.45, 7) is 2.62. The van der Waals surface area contributed by atoms with Gasteiger partial charge in [-0.05, 0) is 36.1 Å². The van der Waals surface area contributed by atoms with Crippen LogP contribution in [0.2, 0.25) is 0 Å². The van der Waals surface area contributed by atoms with Crippen molar-refractivity contribution in [2.45, 2.75) is 13.5 Å². The summed E-state index contributed by atoms with van der Waals surface area (Å²) < 4.78 is 1.93. The Hall–Kier alpha value is -1.85. The van der Waals surface area contributed by atoms with E-state index in [0.29, 0.717) is 12.1 Å². The van der Waals surface area contributed by atoms with E-state index in [-0.39, 0.29) is 12.5 Å². The smallest absolute Gasteiger partial charge is 0.257 e. The number of hydrogen-bond acceptors (Lipinski definition) is 3. The molecule has 19 heavy (non-hydrogen) atoms. The van der Waals surface area contributed by atoms with Crippen LogP contribution in [0.4, 0.5) is 5.00 Å². The number of nitrogens with zero attached hydrogens (tertiary/aromatic N) is 1. The Bertz CT molecular complexity index is 667. The standard InChI is InChI=1S/C14H14N2O2S/c1-9-8-19-14-12(9)11(13(18)15-14)7-10-3-2-4-16(10)5-6-17/h2-4,7-8,17H,5-6H2,1H3,(H,15,18). The minimum absolute atomic E-state index is 0.0540. The molecular weight excluding hydrogens is 260 g/mol. The summed E-state index contributed by atoms with van der Waals surface area (Å²) in [6, 6.07) is 3.85. The molecule has 0 fully saturated rings. The topological polar surface area (TPSA) is 54.3 Å². The van der Waals surface area contributed by atoms with E-state index in [1.165, 1.54) is 0 Å². The molecule has 1 amide bonds. The number of hydrogen-bond donors (Lipinski definition) is 2. The molecule has 2 aromatic heterocycles. The number of aromatic nitrogens is 1. The van der Waals surface area contributed by atoms with Crippen LogP contribution in [0.1, 0.15) is 16.8 Å². The third kappa shape index (κ3) is 2.01. The van der Waals surface area contributed by atoms with Crippen LogP contribution in [-0.4, -0.2) is 22.2 Å². The van der Waals surface area contributed by atoms with Crippen molar-refractivity contribution in [1.82, 2.24) is 4.57 Å². The summed E-state index contributed by atoms with van der Waals surface area (Å²) in [6.07, 6.45) is 3.79. The molecule has 3 heterocycles. The van der Waals surface area contributed by atoms with Crippen molar-refractivity contribution >= 4 is 33.9 Å². The number of aliphatic hydroxyl groups is 1. The molecule has 98 valence electrons. The zero-order valence-corrected chi connectivity index (χ0v) is 11.3. The maximum atomic E-state index is 12.0. The van der Waals surface area contributed by atoms with Gasteiger partial charge in [-0.15, -0.1) is 11.3 Å². The first-order valence-corrected chi connectivity index (χ1v) is 6.96. The van der Waals surface area contributed by atoms with Gasteiger partial charge in [-0.3, -0.25) is 4.79 Å². The van der Waals surface area contributed by atoms with Crippen molar-refractivity contribution in [3.8, 4) is 0 Å². The average Bonchev–Trinajstić information content (AvgIpc) is 3.03. The van der Waals surface area contributed by atoms with Gasteiger partial charge < -0.3 is 15.0 Å². The van der Waals surface area contributed by atoms with Crippen molar-refractivity contribution in [3.05, 3.63) is 40.5 Å². The normalized spacial score (nSPS) is 15.9.